The van der Waals surface area contributed by atoms with Gasteiger partial charge in [-0.3, -0.25) is 4.79 Å². The minimum Gasteiger partial charge on any atom is -0.507 e. The monoisotopic (exact) mass is 290 g/mol. The Labute approximate surface area is 126 Å². The average molecular weight is 290 g/mol. The van der Waals surface area contributed by atoms with Crippen molar-refractivity contribution in [1.29, 1.82) is 0 Å². The van der Waals surface area contributed by atoms with Crippen LogP contribution in [0.15, 0.2) is 12.1 Å². The summed E-state index contributed by atoms with van der Waals surface area (Å²) < 4.78 is 0. The Hall–Kier alpha value is -1.55. The number of nitrogens with two attached hydrogens (primary N) is 1. The Morgan fingerprint density at radius 3 is 2.33 bits per heavy atom. The lowest BCUT2D eigenvalue weighted by molar-refractivity contribution is -0.136. The molecule has 4 nitrogen and oxygen atoms in total. The average Bonchev–Trinajstić information content (AvgIpc) is 2.50. The van der Waals surface area contributed by atoms with Crippen LogP contribution in [0.2, 0.25) is 0 Å². The topological polar surface area (TPSA) is 66.6 Å². The number of aryl methyl sites for hydroxylation is 2. The van der Waals surface area contributed by atoms with Gasteiger partial charge in [0.2, 0.25) is 5.91 Å². The molecule has 1 aliphatic rings. The van der Waals surface area contributed by atoms with E-state index in [9.17, 15) is 9.90 Å². The number of amides is 1. The van der Waals surface area contributed by atoms with E-state index in [0.29, 0.717) is 18.7 Å². The van der Waals surface area contributed by atoms with Gasteiger partial charge in [0.05, 0.1) is 5.92 Å². The molecule has 21 heavy (non-hydrogen) atoms. The van der Waals surface area contributed by atoms with Crippen molar-refractivity contribution in [3.63, 3.8) is 0 Å². The third kappa shape index (κ3) is 3.76. The number of phenols is 1. The van der Waals surface area contributed by atoms with Crippen LogP contribution in [0, 0.1) is 19.8 Å². The van der Waals surface area contributed by atoms with Crippen molar-refractivity contribution in [3.05, 3.63) is 28.8 Å². The van der Waals surface area contributed by atoms with Crippen molar-refractivity contribution in [1.82, 2.24) is 4.90 Å². The third-order valence-corrected chi connectivity index (χ3v) is 4.33. The number of carbonyl (C=O) groups excluding carboxylic acids is 1. The highest BCUT2D eigenvalue weighted by Crippen LogP contribution is 2.25. The van der Waals surface area contributed by atoms with E-state index in [1.165, 1.54) is 6.42 Å². The van der Waals surface area contributed by atoms with Crippen molar-refractivity contribution in [2.75, 3.05) is 19.6 Å². The number of likely N-dealkylation sites (tertiary alicyclic amines) is 1. The molecule has 1 unspecified atom stereocenters. The summed E-state index contributed by atoms with van der Waals surface area (Å²) in [6.07, 6.45) is 4.06. The van der Waals surface area contributed by atoms with Crippen molar-refractivity contribution in [2.24, 2.45) is 11.7 Å². The molecule has 0 spiro atoms. The zero-order valence-electron chi connectivity index (χ0n) is 13.1. The van der Waals surface area contributed by atoms with Crippen molar-refractivity contribution < 1.29 is 9.90 Å². The first-order chi connectivity index (χ1) is 10.0. The molecule has 0 aromatic heterocycles. The molecule has 1 aromatic rings. The zero-order chi connectivity index (χ0) is 15.4. The molecule has 116 valence electrons. The molecule has 1 fully saturated rings. The van der Waals surface area contributed by atoms with Crippen LogP contribution in [0.3, 0.4) is 0 Å². The highest BCUT2D eigenvalue weighted by atomic mass is 16.3. The Balaban J connectivity index is 2.09. The number of piperidine rings is 1. The van der Waals surface area contributed by atoms with Crippen LogP contribution in [-0.4, -0.2) is 35.5 Å². The smallest absolute Gasteiger partial charge is 0.227 e. The van der Waals surface area contributed by atoms with Crippen LogP contribution < -0.4 is 5.73 Å². The maximum atomic E-state index is 12.6. The molecule has 1 saturated heterocycles. The molecule has 1 heterocycles. The molecule has 1 aromatic carbocycles. The molecule has 0 aliphatic carbocycles. The van der Waals surface area contributed by atoms with Gasteiger partial charge >= 0.3 is 0 Å². The summed E-state index contributed by atoms with van der Waals surface area (Å²) in [6.45, 7) is 5.87. The molecule has 3 N–H and O–H groups in total. The first-order valence-corrected chi connectivity index (χ1v) is 7.81. The summed E-state index contributed by atoms with van der Waals surface area (Å²) >= 11 is 0. The van der Waals surface area contributed by atoms with Gasteiger partial charge in [0.25, 0.3) is 0 Å². The molecular weight excluding hydrogens is 264 g/mol. The normalized spacial score (nSPS) is 16.8. The fourth-order valence-corrected chi connectivity index (χ4v) is 3.09. The number of hydrogen-bond acceptors (Lipinski definition) is 3. The SMILES string of the molecule is Cc1cc(CC(CN)C(=O)N2CCCCC2)cc(C)c1O. The van der Waals surface area contributed by atoms with Gasteiger partial charge in [0, 0.05) is 19.6 Å². The van der Waals surface area contributed by atoms with Gasteiger partial charge in [0.15, 0.2) is 0 Å². The molecule has 4 heteroatoms. The van der Waals surface area contributed by atoms with Gasteiger partial charge < -0.3 is 15.7 Å². The van der Waals surface area contributed by atoms with Crippen molar-refractivity contribution >= 4 is 5.91 Å². The van der Waals surface area contributed by atoms with Crippen LogP contribution in [0.25, 0.3) is 0 Å². The van der Waals surface area contributed by atoms with E-state index in [2.05, 4.69) is 0 Å². The first kappa shape index (κ1) is 15.8. The van der Waals surface area contributed by atoms with E-state index in [0.717, 1.165) is 42.6 Å². The number of rotatable bonds is 4. The predicted octanol–water partition coefficient (Wildman–Crippen LogP) is 2.14. The zero-order valence-corrected chi connectivity index (χ0v) is 13.1. The van der Waals surface area contributed by atoms with E-state index < -0.39 is 0 Å². The van der Waals surface area contributed by atoms with Crippen LogP contribution >= 0.6 is 0 Å². The van der Waals surface area contributed by atoms with Gasteiger partial charge in [-0.1, -0.05) is 12.1 Å². The van der Waals surface area contributed by atoms with E-state index in [1.54, 1.807) is 0 Å². The summed E-state index contributed by atoms with van der Waals surface area (Å²) in [5.41, 5.74) is 8.62. The maximum absolute atomic E-state index is 12.6. The summed E-state index contributed by atoms with van der Waals surface area (Å²) in [7, 11) is 0. The Bertz CT molecular complexity index is 485. The number of hydrogen-bond donors (Lipinski definition) is 2. The number of phenolic OH excluding ortho intramolecular Hbond substituents is 1. The number of nitrogens with zero attached hydrogens (tertiary/aromatic N) is 1. The highest BCUT2D eigenvalue weighted by Gasteiger charge is 2.24. The van der Waals surface area contributed by atoms with Gasteiger partial charge in [-0.15, -0.1) is 0 Å². The maximum Gasteiger partial charge on any atom is 0.227 e. The van der Waals surface area contributed by atoms with Gasteiger partial charge in [0.1, 0.15) is 5.75 Å². The van der Waals surface area contributed by atoms with E-state index >= 15 is 0 Å². The molecule has 1 aliphatic heterocycles. The third-order valence-electron chi connectivity index (χ3n) is 4.33. The standard InChI is InChI=1S/C17H26N2O2/c1-12-8-14(9-13(2)16(12)20)10-15(11-18)17(21)19-6-4-3-5-7-19/h8-9,15,20H,3-7,10-11,18H2,1-2H3. The largest absolute Gasteiger partial charge is 0.507 e. The second kappa shape index (κ2) is 6.94. The molecule has 0 saturated carbocycles. The Morgan fingerprint density at radius 2 is 1.81 bits per heavy atom. The molecule has 0 radical (unpaired) electrons. The van der Waals surface area contributed by atoms with E-state index in [4.69, 9.17) is 5.73 Å². The second-order valence-electron chi connectivity index (χ2n) is 6.10. The van der Waals surface area contributed by atoms with Gasteiger partial charge in [-0.05, 0) is 56.2 Å². The first-order valence-electron chi connectivity index (χ1n) is 7.81. The molecular formula is C17H26N2O2. The Kier molecular flexibility index (Phi) is 5.23. The lowest BCUT2D eigenvalue weighted by Crippen LogP contribution is -2.42. The van der Waals surface area contributed by atoms with Crippen molar-refractivity contribution in [2.45, 2.75) is 39.5 Å². The summed E-state index contributed by atoms with van der Waals surface area (Å²) in [4.78, 5) is 14.5. The quantitative estimate of drug-likeness (QED) is 0.893. The number of benzene rings is 1. The highest BCUT2D eigenvalue weighted by molar-refractivity contribution is 5.79. The van der Waals surface area contributed by atoms with E-state index in [-0.39, 0.29) is 11.8 Å². The fourth-order valence-electron chi connectivity index (χ4n) is 3.09. The van der Waals surface area contributed by atoms with Gasteiger partial charge in [-0.2, -0.15) is 0 Å². The fraction of sp³-hybridized carbons (Fsp3) is 0.588. The van der Waals surface area contributed by atoms with Crippen LogP contribution in [-0.2, 0) is 11.2 Å². The minimum absolute atomic E-state index is 0.161. The summed E-state index contributed by atoms with van der Waals surface area (Å²) in [5, 5.41) is 9.84. The molecule has 2 rings (SSSR count). The Morgan fingerprint density at radius 1 is 1.24 bits per heavy atom. The lowest BCUT2D eigenvalue weighted by atomic mass is 9.94. The van der Waals surface area contributed by atoms with Crippen LogP contribution in [0.5, 0.6) is 5.75 Å². The second-order valence-corrected chi connectivity index (χ2v) is 6.10. The van der Waals surface area contributed by atoms with Gasteiger partial charge in [-0.25, -0.2) is 0 Å². The van der Waals surface area contributed by atoms with Crippen molar-refractivity contribution in [3.8, 4) is 5.75 Å². The molecule has 0 bridgehead atoms. The molecule has 1 atom stereocenters. The minimum atomic E-state index is -0.161. The number of carbonyl (C=O) groups is 1. The molecule has 1 amide bonds. The summed E-state index contributed by atoms with van der Waals surface area (Å²) in [6, 6.07) is 3.91. The van der Waals surface area contributed by atoms with Crippen LogP contribution in [0.1, 0.15) is 36.0 Å². The van der Waals surface area contributed by atoms with E-state index in [1.807, 2.05) is 30.9 Å². The number of aromatic hydroxyl groups is 1. The van der Waals surface area contributed by atoms with Crippen LogP contribution in [0.4, 0.5) is 0 Å². The summed E-state index contributed by atoms with van der Waals surface area (Å²) in [5.74, 6) is 0.359. The lowest BCUT2D eigenvalue weighted by Gasteiger charge is -2.30. The predicted molar refractivity (Wildman–Crippen MR) is 84.3 cm³/mol.